The van der Waals surface area contributed by atoms with Crippen molar-refractivity contribution in [3.8, 4) is 11.1 Å². The number of carbonyl (C=O) groups excluding carboxylic acids is 1. The van der Waals surface area contributed by atoms with Crippen molar-refractivity contribution in [2.75, 3.05) is 5.75 Å². The van der Waals surface area contributed by atoms with Crippen molar-refractivity contribution in [1.29, 1.82) is 0 Å². The first-order chi connectivity index (χ1) is 20.5. The van der Waals surface area contributed by atoms with E-state index in [0.29, 0.717) is 18.7 Å². The Morgan fingerprint density at radius 2 is 1.74 bits per heavy atom. The number of thioether (sulfide) groups is 1. The van der Waals surface area contributed by atoms with E-state index in [1.54, 1.807) is 11.8 Å². The van der Waals surface area contributed by atoms with Gasteiger partial charge < -0.3 is 25.0 Å². The predicted molar refractivity (Wildman–Crippen MR) is 156 cm³/mol. The molecule has 0 spiro atoms. The Morgan fingerprint density at radius 1 is 0.952 bits per heavy atom. The molecule has 3 unspecified atom stereocenters. The summed E-state index contributed by atoms with van der Waals surface area (Å²) in [7, 11) is 0. The minimum absolute atomic E-state index is 0.00925. The van der Waals surface area contributed by atoms with Gasteiger partial charge in [-0.2, -0.15) is 5.10 Å². The summed E-state index contributed by atoms with van der Waals surface area (Å²) in [6.45, 7) is 0.312. The first-order valence-corrected chi connectivity index (χ1v) is 14.6. The first-order valence-electron chi connectivity index (χ1n) is 13.6. The number of rotatable bonds is 12. The highest BCUT2D eigenvalue weighted by Gasteiger charge is 2.32. The van der Waals surface area contributed by atoms with E-state index in [1.807, 2.05) is 72.8 Å². The van der Waals surface area contributed by atoms with Crippen LogP contribution in [0.5, 0.6) is 0 Å². The maximum atomic E-state index is 11.9. The molecule has 2 heterocycles. The molecule has 1 amide bonds. The monoisotopic (exact) mass is 588 g/mol. The Labute approximate surface area is 247 Å². The molecule has 0 saturated carbocycles. The number of aromatic nitrogens is 3. The fraction of sp³-hybridized carbons (Fsp3) is 0.290. The summed E-state index contributed by atoms with van der Waals surface area (Å²) in [4.78, 5) is 26.8. The quantitative estimate of drug-likeness (QED) is 0.172. The zero-order valence-electron chi connectivity index (χ0n) is 22.8. The Balaban J connectivity index is 1.27. The van der Waals surface area contributed by atoms with E-state index < -0.39 is 12.3 Å². The van der Waals surface area contributed by atoms with E-state index in [9.17, 15) is 14.7 Å². The molecule has 3 atom stereocenters. The fourth-order valence-corrected chi connectivity index (χ4v) is 5.46. The Morgan fingerprint density at radius 3 is 2.45 bits per heavy atom. The molecule has 0 bridgehead atoms. The number of benzene rings is 3. The van der Waals surface area contributed by atoms with E-state index in [1.165, 1.54) is 6.33 Å². The summed E-state index contributed by atoms with van der Waals surface area (Å²) < 4.78 is 12.8. The molecule has 3 aromatic carbocycles. The number of aromatic amines is 1. The summed E-state index contributed by atoms with van der Waals surface area (Å²) in [5.41, 5.74) is 5.68. The van der Waals surface area contributed by atoms with E-state index in [2.05, 4.69) is 20.5 Å². The summed E-state index contributed by atoms with van der Waals surface area (Å²) in [6, 6.07) is 23.7. The minimum Gasteiger partial charge on any atom is -0.481 e. The number of hydrogen-bond acceptors (Lipinski definition) is 8. The van der Waals surface area contributed by atoms with Crippen LogP contribution in [0, 0.1) is 0 Å². The number of aliphatic carboxylic acids is 1. The van der Waals surface area contributed by atoms with E-state index in [4.69, 9.17) is 14.6 Å². The smallest absolute Gasteiger partial charge is 0.303 e. The van der Waals surface area contributed by atoms with Crippen LogP contribution >= 0.6 is 11.8 Å². The van der Waals surface area contributed by atoms with Crippen molar-refractivity contribution in [2.24, 2.45) is 0 Å². The van der Waals surface area contributed by atoms with Gasteiger partial charge in [0.25, 0.3) is 0 Å². The number of H-pyrrole nitrogens is 1. The van der Waals surface area contributed by atoms with Gasteiger partial charge in [0.1, 0.15) is 6.33 Å². The first kappa shape index (κ1) is 29.5. The highest BCUT2D eigenvalue weighted by Crippen LogP contribution is 2.39. The number of aliphatic hydroxyl groups excluding tert-OH is 1. The van der Waals surface area contributed by atoms with Gasteiger partial charge in [-0.05, 0) is 33.9 Å². The maximum Gasteiger partial charge on any atom is 0.303 e. The highest BCUT2D eigenvalue weighted by atomic mass is 32.2. The minimum atomic E-state index is -0.993. The normalized spacial score (nSPS) is 18.5. The number of carbonyl (C=O) groups is 2. The lowest BCUT2D eigenvalue weighted by Gasteiger charge is -2.36. The number of nitrogens with zero attached hydrogens (tertiary/aromatic N) is 2. The molecule has 1 aliphatic rings. The SMILES string of the molecule is O=C(O)CCC(=O)NCc1cccc(-c2ccc(C3OC(CSc4ncn[nH]4)CC(c4ccc(CO)cc4)O3)cc2)c1. The molecular weight excluding hydrogens is 556 g/mol. The second-order valence-corrected chi connectivity index (χ2v) is 11.0. The van der Waals surface area contributed by atoms with Gasteiger partial charge in [-0.3, -0.25) is 14.7 Å². The molecule has 4 N–H and O–H groups in total. The van der Waals surface area contributed by atoms with Crippen molar-refractivity contribution >= 4 is 23.6 Å². The van der Waals surface area contributed by atoms with Crippen LogP contribution in [0.2, 0.25) is 0 Å². The molecule has 11 heteroatoms. The molecule has 1 aromatic heterocycles. The van der Waals surface area contributed by atoms with Crippen LogP contribution in [-0.4, -0.2) is 49.1 Å². The maximum absolute atomic E-state index is 11.9. The van der Waals surface area contributed by atoms with Gasteiger partial charge in [0.15, 0.2) is 11.4 Å². The van der Waals surface area contributed by atoms with Crippen LogP contribution in [0.15, 0.2) is 84.3 Å². The molecular formula is C31H32N4O6S. The van der Waals surface area contributed by atoms with E-state index in [-0.39, 0.29) is 37.6 Å². The zero-order valence-corrected chi connectivity index (χ0v) is 23.6. The lowest BCUT2D eigenvalue weighted by Crippen LogP contribution is -2.31. The third-order valence-corrected chi connectivity index (χ3v) is 7.92. The number of carboxylic acids is 1. The second kappa shape index (κ2) is 14.2. The standard InChI is InChI=1S/C31H32N4O6S/c36-17-20-4-6-23(7-5-20)27-15-26(18-42-31-33-19-34-35-31)40-30(41-27)24-10-8-22(9-11-24)25-3-1-2-21(14-25)16-32-28(37)12-13-29(38)39/h1-11,14,19,26-27,30,36H,12-13,15-18H2,(H,32,37)(H,38,39)(H,33,34,35). The van der Waals surface area contributed by atoms with Crippen molar-refractivity contribution in [3.63, 3.8) is 0 Å². The third-order valence-electron chi connectivity index (χ3n) is 6.91. The average molecular weight is 589 g/mol. The number of hydrogen-bond donors (Lipinski definition) is 4. The van der Waals surface area contributed by atoms with Crippen LogP contribution in [0.1, 0.15) is 53.9 Å². The molecule has 10 nitrogen and oxygen atoms in total. The Bertz CT molecular complexity index is 1460. The number of nitrogens with one attached hydrogen (secondary N) is 2. The van der Waals surface area contributed by atoms with Crippen molar-refractivity contribution in [1.82, 2.24) is 20.5 Å². The molecule has 1 aliphatic heterocycles. The number of amides is 1. The third kappa shape index (κ3) is 8.04. The van der Waals surface area contributed by atoms with Crippen LogP contribution in [0.4, 0.5) is 0 Å². The molecule has 42 heavy (non-hydrogen) atoms. The molecule has 0 aliphatic carbocycles. The van der Waals surface area contributed by atoms with Gasteiger partial charge in [-0.25, -0.2) is 4.98 Å². The lowest BCUT2D eigenvalue weighted by atomic mass is 9.99. The summed E-state index contributed by atoms with van der Waals surface area (Å²) >= 11 is 1.55. The number of aliphatic hydroxyl groups is 1. The Kier molecular flexibility index (Phi) is 9.98. The molecule has 0 radical (unpaired) electrons. The largest absolute Gasteiger partial charge is 0.481 e. The predicted octanol–water partition coefficient (Wildman–Crippen LogP) is 4.78. The van der Waals surface area contributed by atoms with Gasteiger partial charge in [0.05, 0.1) is 25.2 Å². The van der Waals surface area contributed by atoms with Gasteiger partial charge in [-0.15, -0.1) is 0 Å². The number of carboxylic acid groups (broad SMARTS) is 1. The van der Waals surface area contributed by atoms with Crippen LogP contribution in [0.3, 0.4) is 0 Å². The fourth-order valence-electron chi connectivity index (χ4n) is 4.66. The molecule has 5 rings (SSSR count). The van der Waals surface area contributed by atoms with Crippen LogP contribution in [0.25, 0.3) is 11.1 Å². The Hall–Kier alpha value is -4.03. The van der Waals surface area contributed by atoms with Crippen LogP contribution < -0.4 is 5.32 Å². The molecule has 4 aromatic rings. The van der Waals surface area contributed by atoms with E-state index >= 15 is 0 Å². The summed E-state index contributed by atoms with van der Waals surface area (Å²) in [6.07, 6.45) is 1.08. The van der Waals surface area contributed by atoms with E-state index in [0.717, 1.165) is 38.5 Å². The second-order valence-electron chi connectivity index (χ2n) is 9.94. The molecule has 1 saturated heterocycles. The molecule has 1 fully saturated rings. The van der Waals surface area contributed by atoms with Crippen molar-refractivity contribution in [3.05, 3.63) is 101 Å². The van der Waals surface area contributed by atoms with Gasteiger partial charge in [-0.1, -0.05) is 78.5 Å². The lowest BCUT2D eigenvalue weighted by molar-refractivity contribution is -0.245. The van der Waals surface area contributed by atoms with Crippen molar-refractivity contribution in [2.45, 2.75) is 56.1 Å². The van der Waals surface area contributed by atoms with Crippen LogP contribution in [-0.2, 0) is 32.2 Å². The van der Waals surface area contributed by atoms with Gasteiger partial charge in [0, 0.05) is 30.7 Å². The number of ether oxygens (including phenoxy) is 2. The van der Waals surface area contributed by atoms with Gasteiger partial charge in [0.2, 0.25) is 5.91 Å². The summed E-state index contributed by atoms with van der Waals surface area (Å²) in [5.74, 6) is -0.606. The average Bonchev–Trinajstić information content (AvgIpc) is 3.56. The highest BCUT2D eigenvalue weighted by molar-refractivity contribution is 7.99. The molecule has 218 valence electrons. The summed E-state index contributed by atoms with van der Waals surface area (Å²) in [5, 5.41) is 28.5. The zero-order chi connectivity index (χ0) is 29.3. The topological polar surface area (TPSA) is 147 Å². The van der Waals surface area contributed by atoms with Crippen molar-refractivity contribution < 1.29 is 29.3 Å². The van der Waals surface area contributed by atoms with Gasteiger partial charge >= 0.3 is 5.97 Å².